The quantitative estimate of drug-likeness (QED) is 0.846. The number of rotatable bonds is 5. The summed E-state index contributed by atoms with van der Waals surface area (Å²) in [5, 5.41) is 9.26. The first-order valence-electron chi connectivity index (χ1n) is 6.03. The molecule has 0 radical (unpaired) electrons. The zero-order valence-electron chi connectivity index (χ0n) is 11.2. The lowest BCUT2D eigenvalue weighted by Gasteiger charge is -2.13. The standard InChI is InChI=1S/C14H14BrNO4S/c1-20-13-7-6-11(15)8-14(13)21(18,19)16-12-5-3-2-4-10(12)9-17/h2-8,16-17H,9H2,1H3. The zero-order chi connectivity index (χ0) is 15.5. The van der Waals surface area contributed by atoms with Crippen molar-refractivity contribution in [2.75, 3.05) is 11.8 Å². The van der Waals surface area contributed by atoms with E-state index in [1.54, 1.807) is 36.4 Å². The van der Waals surface area contributed by atoms with E-state index >= 15 is 0 Å². The summed E-state index contributed by atoms with van der Waals surface area (Å²) in [6.45, 7) is -0.256. The lowest BCUT2D eigenvalue weighted by molar-refractivity contribution is 0.282. The average molecular weight is 372 g/mol. The first kappa shape index (κ1) is 15.8. The number of nitrogens with one attached hydrogen (secondary N) is 1. The van der Waals surface area contributed by atoms with Crippen LogP contribution in [0.2, 0.25) is 0 Å². The molecular weight excluding hydrogens is 358 g/mol. The van der Waals surface area contributed by atoms with Crippen molar-refractivity contribution in [3.63, 3.8) is 0 Å². The Labute approximate surface area is 131 Å². The smallest absolute Gasteiger partial charge is 0.265 e. The third-order valence-corrected chi connectivity index (χ3v) is 4.73. The summed E-state index contributed by atoms with van der Waals surface area (Å²) < 4.78 is 33.2. The predicted molar refractivity (Wildman–Crippen MR) is 83.9 cm³/mol. The summed E-state index contributed by atoms with van der Waals surface area (Å²) in [4.78, 5) is 0.0205. The van der Waals surface area contributed by atoms with Crippen molar-refractivity contribution in [1.29, 1.82) is 0 Å². The van der Waals surface area contributed by atoms with Crippen molar-refractivity contribution in [2.45, 2.75) is 11.5 Å². The number of anilines is 1. The van der Waals surface area contributed by atoms with Crippen molar-refractivity contribution in [2.24, 2.45) is 0 Å². The van der Waals surface area contributed by atoms with Crippen LogP contribution in [0.5, 0.6) is 5.75 Å². The Morgan fingerprint density at radius 3 is 2.62 bits per heavy atom. The van der Waals surface area contributed by atoms with E-state index in [1.807, 2.05) is 0 Å². The summed E-state index contributed by atoms with van der Waals surface area (Å²) in [7, 11) is -2.42. The van der Waals surface area contributed by atoms with E-state index < -0.39 is 10.0 Å². The molecule has 7 heteroatoms. The van der Waals surface area contributed by atoms with Gasteiger partial charge in [0.15, 0.2) is 0 Å². The number of sulfonamides is 1. The molecule has 0 aliphatic rings. The van der Waals surface area contributed by atoms with Crippen molar-refractivity contribution < 1.29 is 18.3 Å². The first-order valence-corrected chi connectivity index (χ1v) is 8.30. The molecule has 2 aromatic rings. The normalized spacial score (nSPS) is 11.2. The van der Waals surface area contributed by atoms with Gasteiger partial charge in [-0.3, -0.25) is 4.72 Å². The van der Waals surface area contributed by atoms with E-state index in [-0.39, 0.29) is 17.3 Å². The molecule has 0 bridgehead atoms. The monoisotopic (exact) mass is 371 g/mol. The van der Waals surface area contributed by atoms with Gasteiger partial charge in [0.05, 0.1) is 19.4 Å². The second-order valence-corrected chi connectivity index (χ2v) is 6.78. The van der Waals surface area contributed by atoms with Gasteiger partial charge in [0.25, 0.3) is 10.0 Å². The van der Waals surface area contributed by atoms with E-state index in [2.05, 4.69) is 20.7 Å². The largest absolute Gasteiger partial charge is 0.495 e. The topological polar surface area (TPSA) is 75.6 Å². The fraction of sp³-hybridized carbons (Fsp3) is 0.143. The Bertz CT molecular complexity index is 746. The molecule has 0 aliphatic heterocycles. The lowest BCUT2D eigenvalue weighted by atomic mass is 10.2. The Morgan fingerprint density at radius 1 is 1.24 bits per heavy atom. The van der Waals surface area contributed by atoms with Crippen molar-refractivity contribution in [3.8, 4) is 5.75 Å². The summed E-state index contributed by atoms with van der Waals surface area (Å²) in [5.74, 6) is 0.243. The highest BCUT2D eigenvalue weighted by atomic mass is 79.9. The Kier molecular flexibility index (Phi) is 4.87. The minimum absolute atomic E-state index is 0.0205. The Morgan fingerprint density at radius 2 is 1.95 bits per heavy atom. The van der Waals surface area contributed by atoms with Crippen LogP contribution in [0.25, 0.3) is 0 Å². The first-order chi connectivity index (χ1) is 9.97. The summed E-state index contributed by atoms with van der Waals surface area (Å²) in [6, 6.07) is 11.4. The second kappa shape index (κ2) is 6.46. The van der Waals surface area contributed by atoms with Crippen LogP contribution < -0.4 is 9.46 Å². The SMILES string of the molecule is COc1ccc(Br)cc1S(=O)(=O)Nc1ccccc1CO. The number of aliphatic hydroxyl groups excluding tert-OH is 1. The molecule has 2 rings (SSSR count). The molecule has 0 heterocycles. The molecule has 0 fully saturated rings. The molecule has 0 saturated carbocycles. The van der Waals surface area contributed by atoms with Crippen LogP contribution >= 0.6 is 15.9 Å². The number of hydrogen-bond donors (Lipinski definition) is 2. The molecule has 0 atom stereocenters. The van der Waals surface area contributed by atoms with Gasteiger partial charge in [0.2, 0.25) is 0 Å². The highest BCUT2D eigenvalue weighted by Crippen LogP contribution is 2.29. The maximum Gasteiger partial charge on any atom is 0.265 e. The third kappa shape index (κ3) is 3.55. The van der Waals surface area contributed by atoms with E-state index in [1.165, 1.54) is 13.2 Å². The second-order valence-electron chi connectivity index (χ2n) is 4.22. The molecule has 2 aromatic carbocycles. The molecule has 5 nitrogen and oxygen atoms in total. The van der Waals surface area contributed by atoms with Crippen molar-refractivity contribution in [1.82, 2.24) is 0 Å². The molecular formula is C14H14BrNO4S. The summed E-state index contributed by atoms with van der Waals surface area (Å²) in [5.41, 5.74) is 0.831. The van der Waals surface area contributed by atoms with Crippen LogP contribution in [-0.2, 0) is 16.6 Å². The lowest BCUT2D eigenvalue weighted by Crippen LogP contribution is -2.15. The number of hydrogen-bond acceptors (Lipinski definition) is 4. The third-order valence-electron chi connectivity index (χ3n) is 2.85. The Balaban J connectivity index is 2.46. The molecule has 0 unspecified atom stereocenters. The molecule has 112 valence electrons. The van der Waals surface area contributed by atoms with Gasteiger partial charge in [0.1, 0.15) is 10.6 Å². The number of methoxy groups -OCH3 is 1. The number of aliphatic hydroxyl groups is 1. The van der Waals surface area contributed by atoms with Crippen molar-refractivity contribution >= 4 is 31.6 Å². The number of ether oxygens (including phenoxy) is 1. The molecule has 21 heavy (non-hydrogen) atoms. The number of halogens is 1. The van der Waals surface area contributed by atoms with Gasteiger partial charge in [-0.15, -0.1) is 0 Å². The van der Waals surface area contributed by atoms with Crippen LogP contribution in [0.3, 0.4) is 0 Å². The summed E-state index contributed by atoms with van der Waals surface area (Å²) >= 11 is 3.24. The van der Waals surface area contributed by atoms with Gasteiger partial charge >= 0.3 is 0 Å². The minimum atomic E-state index is -3.83. The van der Waals surface area contributed by atoms with E-state index in [0.717, 1.165) is 0 Å². The van der Waals surface area contributed by atoms with Gasteiger partial charge < -0.3 is 9.84 Å². The van der Waals surface area contributed by atoms with Crippen LogP contribution in [0, 0.1) is 0 Å². The highest BCUT2D eigenvalue weighted by molar-refractivity contribution is 9.10. The van der Waals surface area contributed by atoms with E-state index in [9.17, 15) is 13.5 Å². The van der Waals surface area contributed by atoms with Gasteiger partial charge in [-0.1, -0.05) is 34.1 Å². The summed E-state index contributed by atoms with van der Waals surface area (Å²) in [6.07, 6.45) is 0. The fourth-order valence-electron chi connectivity index (χ4n) is 1.82. The molecule has 2 N–H and O–H groups in total. The molecule has 0 spiro atoms. The van der Waals surface area contributed by atoms with Crippen LogP contribution in [0.15, 0.2) is 51.8 Å². The maximum absolute atomic E-state index is 12.5. The molecule has 0 saturated heterocycles. The van der Waals surface area contributed by atoms with Crippen LogP contribution in [0.4, 0.5) is 5.69 Å². The predicted octanol–water partition coefficient (Wildman–Crippen LogP) is 2.75. The minimum Gasteiger partial charge on any atom is -0.495 e. The van der Waals surface area contributed by atoms with Crippen LogP contribution in [0.1, 0.15) is 5.56 Å². The average Bonchev–Trinajstić information content (AvgIpc) is 2.47. The highest BCUT2D eigenvalue weighted by Gasteiger charge is 2.21. The van der Waals surface area contributed by atoms with Gasteiger partial charge in [-0.05, 0) is 24.3 Å². The molecule has 0 amide bonds. The van der Waals surface area contributed by atoms with Gasteiger partial charge in [-0.2, -0.15) is 0 Å². The van der Waals surface area contributed by atoms with E-state index in [0.29, 0.717) is 15.7 Å². The van der Waals surface area contributed by atoms with Crippen LogP contribution in [-0.4, -0.2) is 20.6 Å². The van der Waals surface area contributed by atoms with Gasteiger partial charge in [-0.25, -0.2) is 8.42 Å². The number of para-hydroxylation sites is 1. The Hall–Kier alpha value is -1.57. The fourth-order valence-corrected chi connectivity index (χ4v) is 3.63. The maximum atomic E-state index is 12.5. The van der Waals surface area contributed by atoms with Gasteiger partial charge in [0, 0.05) is 10.0 Å². The van der Waals surface area contributed by atoms with Crippen molar-refractivity contribution in [3.05, 3.63) is 52.5 Å². The zero-order valence-corrected chi connectivity index (χ0v) is 13.6. The van der Waals surface area contributed by atoms with E-state index in [4.69, 9.17) is 4.74 Å². The molecule has 0 aliphatic carbocycles. The molecule has 0 aromatic heterocycles. The number of benzene rings is 2.